The number of carbonyl (C=O) groups is 1. The van der Waals surface area contributed by atoms with Crippen molar-refractivity contribution in [3.63, 3.8) is 0 Å². The van der Waals surface area contributed by atoms with Gasteiger partial charge in [0.2, 0.25) is 0 Å². The van der Waals surface area contributed by atoms with Crippen LogP contribution in [0.5, 0.6) is 5.75 Å². The predicted molar refractivity (Wildman–Crippen MR) is 115 cm³/mol. The van der Waals surface area contributed by atoms with E-state index in [-0.39, 0.29) is 0 Å². The van der Waals surface area contributed by atoms with Crippen molar-refractivity contribution in [1.82, 2.24) is 9.78 Å². The molecule has 4 aromatic rings. The number of para-hydroxylation sites is 1. The van der Waals surface area contributed by atoms with Crippen LogP contribution in [0.15, 0.2) is 79.0 Å². The summed E-state index contributed by atoms with van der Waals surface area (Å²) in [5.41, 5.74) is 3.72. The number of rotatable bonds is 6. The van der Waals surface area contributed by atoms with Crippen LogP contribution in [-0.2, 0) is 6.61 Å². The minimum Gasteiger partial charge on any atom is -0.489 e. The number of ether oxygens (including phenoxy) is 1. The zero-order valence-electron chi connectivity index (χ0n) is 15.3. The van der Waals surface area contributed by atoms with E-state index in [9.17, 15) is 4.79 Å². The van der Waals surface area contributed by atoms with Crippen LogP contribution in [0.3, 0.4) is 0 Å². The van der Waals surface area contributed by atoms with Crippen molar-refractivity contribution < 1.29 is 9.53 Å². The van der Waals surface area contributed by atoms with Crippen molar-refractivity contribution >= 4 is 29.5 Å². The lowest BCUT2D eigenvalue weighted by Gasteiger charge is -2.09. The van der Waals surface area contributed by atoms with Gasteiger partial charge in [-0.1, -0.05) is 47.5 Å². The molecule has 0 aliphatic heterocycles. The molecule has 6 heteroatoms. The Kier molecular flexibility index (Phi) is 5.65. The zero-order valence-corrected chi connectivity index (χ0v) is 16.8. The number of nitrogens with zero attached hydrogens (tertiary/aromatic N) is 2. The summed E-state index contributed by atoms with van der Waals surface area (Å²) in [7, 11) is 0. The molecular weight excluding hydrogens is 407 g/mol. The molecule has 3 aromatic carbocycles. The van der Waals surface area contributed by atoms with Gasteiger partial charge in [-0.3, -0.25) is 4.79 Å². The molecule has 144 valence electrons. The fourth-order valence-corrected chi connectivity index (χ4v) is 3.38. The monoisotopic (exact) mass is 422 g/mol. The molecule has 0 bridgehead atoms. The third-order valence-electron chi connectivity index (χ3n) is 4.43. The molecule has 0 radical (unpaired) electrons. The van der Waals surface area contributed by atoms with Crippen LogP contribution in [0.1, 0.15) is 15.9 Å². The van der Waals surface area contributed by atoms with Gasteiger partial charge in [0.1, 0.15) is 18.1 Å². The second-order valence-corrected chi connectivity index (χ2v) is 7.22. The molecular formula is C23H16Cl2N2O2. The molecule has 0 saturated heterocycles. The molecule has 0 fully saturated rings. The van der Waals surface area contributed by atoms with Gasteiger partial charge in [0, 0.05) is 27.4 Å². The largest absolute Gasteiger partial charge is 0.489 e. The smallest absolute Gasteiger partial charge is 0.153 e. The summed E-state index contributed by atoms with van der Waals surface area (Å²) in [6.07, 6.45) is 2.54. The lowest BCUT2D eigenvalue weighted by atomic mass is 10.1. The first-order valence-corrected chi connectivity index (χ1v) is 9.67. The third kappa shape index (κ3) is 4.34. The second kappa shape index (κ2) is 8.52. The van der Waals surface area contributed by atoms with E-state index in [0.717, 1.165) is 23.1 Å². The molecule has 0 saturated carbocycles. The summed E-state index contributed by atoms with van der Waals surface area (Å²) in [6, 6.07) is 22.4. The fraction of sp³-hybridized carbons (Fsp3) is 0.0435. The maximum Gasteiger partial charge on any atom is 0.153 e. The van der Waals surface area contributed by atoms with E-state index in [1.165, 1.54) is 0 Å². The van der Waals surface area contributed by atoms with Gasteiger partial charge in [-0.2, -0.15) is 5.10 Å². The van der Waals surface area contributed by atoms with E-state index in [0.29, 0.717) is 33.7 Å². The molecule has 29 heavy (non-hydrogen) atoms. The Morgan fingerprint density at radius 1 is 0.966 bits per heavy atom. The molecule has 0 amide bonds. The van der Waals surface area contributed by atoms with Gasteiger partial charge < -0.3 is 4.74 Å². The van der Waals surface area contributed by atoms with Crippen LogP contribution < -0.4 is 4.74 Å². The Balaban J connectivity index is 1.53. The number of aromatic nitrogens is 2. The highest BCUT2D eigenvalue weighted by atomic mass is 35.5. The first kappa shape index (κ1) is 19.2. The van der Waals surface area contributed by atoms with Crippen LogP contribution >= 0.6 is 23.2 Å². The zero-order chi connectivity index (χ0) is 20.2. The Labute approximate surface area is 178 Å². The lowest BCUT2D eigenvalue weighted by molar-refractivity contribution is 0.112. The third-order valence-corrected chi connectivity index (χ3v) is 5.01. The summed E-state index contributed by atoms with van der Waals surface area (Å²) >= 11 is 12.1. The Morgan fingerprint density at radius 3 is 2.41 bits per heavy atom. The second-order valence-electron chi connectivity index (χ2n) is 6.38. The molecule has 0 atom stereocenters. The van der Waals surface area contributed by atoms with E-state index < -0.39 is 0 Å². The van der Waals surface area contributed by atoms with Crippen LogP contribution in [0.4, 0.5) is 0 Å². The van der Waals surface area contributed by atoms with Gasteiger partial charge in [-0.25, -0.2) is 4.68 Å². The molecule has 0 N–H and O–H groups in total. The van der Waals surface area contributed by atoms with Crippen molar-refractivity contribution in [1.29, 1.82) is 0 Å². The number of halogens is 2. The molecule has 0 aliphatic rings. The molecule has 0 spiro atoms. The fourth-order valence-electron chi connectivity index (χ4n) is 2.92. The topological polar surface area (TPSA) is 44.1 Å². The first-order chi connectivity index (χ1) is 14.1. The Bertz CT molecular complexity index is 1140. The molecule has 0 aliphatic carbocycles. The van der Waals surface area contributed by atoms with Crippen molar-refractivity contribution in [3.8, 4) is 22.7 Å². The molecule has 0 unspecified atom stereocenters. The SMILES string of the molecule is O=Cc1cn(-c2ccccc2)nc1-c1ccc(OCc2ccc(Cl)cc2Cl)cc1. The summed E-state index contributed by atoms with van der Waals surface area (Å²) in [4.78, 5) is 11.5. The highest BCUT2D eigenvalue weighted by Gasteiger charge is 2.12. The van der Waals surface area contributed by atoms with Crippen LogP contribution in [0.25, 0.3) is 16.9 Å². The van der Waals surface area contributed by atoms with Crippen LogP contribution in [0, 0.1) is 0 Å². The van der Waals surface area contributed by atoms with Crippen molar-refractivity contribution in [2.24, 2.45) is 0 Å². The summed E-state index contributed by atoms with van der Waals surface area (Å²) in [5, 5.41) is 5.73. The van der Waals surface area contributed by atoms with E-state index >= 15 is 0 Å². The van der Waals surface area contributed by atoms with Crippen LogP contribution in [0.2, 0.25) is 10.0 Å². The average molecular weight is 423 g/mol. The number of hydrogen-bond acceptors (Lipinski definition) is 3. The van der Waals surface area contributed by atoms with Crippen molar-refractivity contribution in [2.45, 2.75) is 6.61 Å². The Morgan fingerprint density at radius 2 is 1.72 bits per heavy atom. The summed E-state index contributed by atoms with van der Waals surface area (Å²) < 4.78 is 7.51. The molecule has 1 aromatic heterocycles. The van der Waals surface area contributed by atoms with Crippen molar-refractivity contribution in [2.75, 3.05) is 0 Å². The quantitative estimate of drug-likeness (QED) is 0.345. The minimum atomic E-state index is 0.331. The molecule has 4 nitrogen and oxygen atoms in total. The van der Waals surface area contributed by atoms with E-state index in [2.05, 4.69) is 5.10 Å². The van der Waals surface area contributed by atoms with Crippen LogP contribution in [-0.4, -0.2) is 16.1 Å². The number of hydrogen-bond donors (Lipinski definition) is 0. The minimum absolute atomic E-state index is 0.331. The van der Waals surface area contributed by atoms with Gasteiger partial charge >= 0.3 is 0 Å². The highest BCUT2D eigenvalue weighted by Crippen LogP contribution is 2.26. The number of carbonyl (C=O) groups excluding carboxylic acids is 1. The Hall–Kier alpha value is -3.08. The highest BCUT2D eigenvalue weighted by molar-refractivity contribution is 6.35. The van der Waals surface area contributed by atoms with Gasteiger partial charge in [0.05, 0.1) is 11.3 Å². The van der Waals surface area contributed by atoms with Crippen molar-refractivity contribution in [3.05, 3.63) is 100 Å². The van der Waals surface area contributed by atoms with Gasteiger partial charge in [-0.05, 0) is 48.5 Å². The predicted octanol–water partition coefficient (Wildman–Crippen LogP) is 6.24. The standard InChI is InChI=1S/C23H16Cl2N2O2/c24-19-9-6-17(22(25)12-19)15-29-21-10-7-16(8-11-21)23-18(14-28)13-27(26-23)20-4-2-1-3-5-20/h1-14H,15H2. The van der Waals surface area contributed by atoms with E-state index in [1.807, 2.05) is 60.7 Å². The molecule has 1 heterocycles. The van der Waals surface area contributed by atoms with Gasteiger partial charge in [0.15, 0.2) is 6.29 Å². The molecule has 4 rings (SSSR count). The van der Waals surface area contributed by atoms with E-state index in [1.54, 1.807) is 23.0 Å². The normalized spacial score (nSPS) is 10.7. The average Bonchev–Trinajstić information content (AvgIpc) is 3.19. The van der Waals surface area contributed by atoms with Gasteiger partial charge in [-0.15, -0.1) is 0 Å². The number of benzene rings is 3. The maximum absolute atomic E-state index is 11.5. The first-order valence-electron chi connectivity index (χ1n) is 8.91. The van der Waals surface area contributed by atoms with Gasteiger partial charge in [0.25, 0.3) is 0 Å². The maximum atomic E-state index is 11.5. The summed E-state index contributed by atoms with van der Waals surface area (Å²) in [5.74, 6) is 0.690. The number of aldehydes is 1. The lowest BCUT2D eigenvalue weighted by Crippen LogP contribution is -1.96. The van der Waals surface area contributed by atoms with E-state index in [4.69, 9.17) is 27.9 Å². The summed E-state index contributed by atoms with van der Waals surface area (Å²) in [6.45, 7) is 0.331.